The van der Waals surface area contributed by atoms with Crippen molar-refractivity contribution >= 4 is 23.8 Å². The average molecular weight is 475 g/mol. The molecule has 0 bridgehead atoms. The maximum atomic E-state index is 12.9. The molecule has 2 aliphatic carbocycles. The van der Waals surface area contributed by atoms with Gasteiger partial charge in [0.25, 0.3) is 0 Å². The number of aryl methyl sites for hydroxylation is 1. The fourth-order valence-corrected chi connectivity index (χ4v) is 5.15. The number of aromatic carboxylic acids is 1. The standard InChI is InChI=1S/C26H26N4O5/c1-30-23(13-22(29-30)25(32)33)28-24(31)19-11-6-12-21(19)27-26(34)35-14-20-17-9-4-2-7-15(17)16-8-3-5-10-18(16)20/h2-5,7-10,13,19-21H,6,11-12,14H2,1H3,(H,27,34)(H,28,31)(H,32,33). The van der Waals surface area contributed by atoms with Crippen molar-refractivity contribution in [2.75, 3.05) is 11.9 Å². The van der Waals surface area contributed by atoms with Gasteiger partial charge in [-0.25, -0.2) is 9.59 Å². The number of carboxylic acids is 1. The zero-order valence-electron chi connectivity index (χ0n) is 19.2. The van der Waals surface area contributed by atoms with Crippen molar-refractivity contribution in [1.82, 2.24) is 15.1 Å². The van der Waals surface area contributed by atoms with Crippen LogP contribution in [0.15, 0.2) is 54.6 Å². The fraction of sp³-hybridized carbons (Fsp3) is 0.308. The van der Waals surface area contributed by atoms with Crippen LogP contribution in [0.3, 0.4) is 0 Å². The molecule has 1 saturated carbocycles. The second kappa shape index (κ2) is 9.25. The lowest BCUT2D eigenvalue weighted by Crippen LogP contribution is -2.42. The highest BCUT2D eigenvalue weighted by molar-refractivity contribution is 5.94. The first kappa shape index (κ1) is 22.6. The van der Waals surface area contributed by atoms with E-state index in [0.717, 1.165) is 28.7 Å². The summed E-state index contributed by atoms with van der Waals surface area (Å²) >= 11 is 0. The van der Waals surface area contributed by atoms with Crippen LogP contribution in [0, 0.1) is 5.92 Å². The van der Waals surface area contributed by atoms with Gasteiger partial charge in [0.15, 0.2) is 5.69 Å². The highest BCUT2D eigenvalue weighted by Gasteiger charge is 2.35. The fourth-order valence-electron chi connectivity index (χ4n) is 5.15. The number of nitrogens with one attached hydrogen (secondary N) is 2. The molecule has 1 aromatic heterocycles. The van der Waals surface area contributed by atoms with Crippen molar-refractivity contribution in [3.63, 3.8) is 0 Å². The third-order valence-corrected chi connectivity index (χ3v) is 6.85. The molecular weight excluding hydrogens is 448 g/mol. The van der Waals surface area contributed by atoms with Gasteiger partial charge in [-0.2, -0.15) is 5.10 Å². The SMILES string of the molecule is Cn1nc(C(=O)O)cc1NC(=O)C1CCCC1NC(=O)OCC1c2ccccc2-c2ccccc21. The Morgan fingerprint density at radius 3 is 2.34 bits per heavy atom. The third-order valence-electron chi connectivity index (χ3n) is 6.85. The Kier molecular flexibility index (Phi) is 5.98. The van der Waals surface area contributed by atoms with Gasteiger partial charge in [-0.1, -0.05) is 55.0 Å². The van der Waals surface area contributed by atoms with E-state index in [4.69, 9.17) is 9.84 Å². The number of hydrogen-bond donors (Lipinski definition) is 3. The van der Waals surface area contributed by atoms with Gasteiger partial charge in [0.05, 0.1) is 5.92 Å². The van der Waals surface area contributed by atoms with Crippen LogP contribution in [0.2, 0.25) is 0 Å². The Labute approximate surface area is 202 Å². The van der Waals surface area contributed by atoms with Gasteiger partial charge < -0.3 is 20.5 Å². The molecule has 2 atom stereocenters. The molecule has 2 unspecified atom stereocenters. The molecule has 9 nitrogen and oxygen atoms in total. The Morgan fingerprint density at radius 2 is 1.71 bits per heavy atom. The topological polar surface area (TPSA) is 123 Å². The summed E-state index contributed by atoms with van der Waals surface area (Å²) in [7, 11) is 1.56. The highest BCUT2D eigenvalue weighted by atomic mass is 16.5. The van der Waals surface area contributed by atoms with Crippen molar-refractivity contribution in [1.29, 1.82) is 0 Å². The first-order chi connectivity index (χ1) is 16.9. The van der Waals surface area contributed by atoms with E-state index in [0.29, 0.717) is 18.7 Å². The molecule has 3 aromatic rings. The molecule has 180 valence electrons. The molecule has 2 amide bonds. The summed E-state index contributed by atoms with van der Waals surface area (Å²) in [5, 5.41) is 18.6. The van der Waals surface area contributed by atoms with E-state index in [1.165, 1.54) is 10.7 Å². The van der Waals surface area contributed by atoms with Crippen molar-refractivity contribution in [2.24, 2.45) is 13.0 Å². The van der Waals surface area contributed by atoms with E-state index in [1.807, 2.05) is 24.3 Å². The summed E-state index contributed by atoms with van der Waals surface area (Å²) in [6, 6.07) is 17.2. The lowest BCUT2D eigenvalue weighted by atomic mass is 9.98. The van der Waals surface area contributed by atoms with Crippen molar-refractivity contribution < 1.29 is 24.2 Å². The van der Waals surface area contributed by atoms with Gasteiger partial charge >= 0.3 is 12.1 Å². The number of benzene rings is 2. The van der Waals surface area contributed by atoms with Crippen molar-refractivity contribution in [3.05, 3.63) is 71.4 Å². The van der Waals surface area contributed by atoms with Crippen molar-refractivity contribution in [2.45, 2.75) is 31.2 Å². The molecule has 5 rings (SSSR count). The minimum Gasteiger partial charge on any atom is -0.476 e. The van der Waals surface area contributed by atoms with Crippen LogP contribution in [-0.2, 0) is 16.6 Å². The number of carbonyl (C=O) groups is 3. The zero-order chi connectivity index (χ0) is 24.5. The predicted molar refractivity (Wildman–Crippen MR) is 128 cm³/mol. The molecule has 0 saturated heterocycles. The van der Waals surface area contributed by atoms with Crippen LogP contribution in [0.5, 0.6) is 0 Å². The molecular formula is C26H26N4O5. The summed E-state index contributed by atoms with van der Waals surface area (Å²) in [5.41, 5.74) is 4.44. The molecule has 35 heavy (non-hydrogen) atoms. The van der Waals surface area contributed by atoms with Gasteiger partial charge in [-0.05, 0) is 35.1 Å². The first-order valence-corrected chi connectivity index (χ1v) is 11.6. The van der Waals surface area contributed by atoms with Crippen LogP contribution in [-0.4, -0.2) is 45.5 Å². The minimum absolute atomic E-state index is 0.0379. The molecule has 0 spiro atoms. The number of carboxylic acid groups (broad SMARTS) is 1. The van der Waals surface area contributed by atoms with E-state index in [1.54, 1.807) is 7.05 Å². The smallest absolute Gasteiger partial charge is 0.407 e. The number of carbonyl (C=O) groups excluding carboxylic acids is 2. The number of alkyl carbamates (subject to hydrolysis) is 1. The Hall–Kier alpha value is -4.14. The number of anilines is 1. The number of nitrogens with zero attached hydrogens (tertiary/aromatic N) is 2. The van der Waals surface area contributed by atoms with Crippen molar-refractivity contribution in [3.8, 4) is 11.1 Å². The summed E-state index contributed by atoms with van der Waals surface area (Å²) in [4.78, 5) is 36.7. The Balaban J connectivity index is 1.21. The van der Waals surface area contributed by atoms with E-state index in [9.17, 15) is 14.4 Å². The molecule has 0 radical (unpaired) electrons. The number of ether oxygens (including phenoxy) is 1. The number of amides is 2. The number of aromatic nitrogens is 2. The maximum absolute atomic E-state index is 12.9. The van der Waals surface area contributed by atoms with E-state index < -0.39 is 18.0 Å². The maximum Gasteiger partial charge on any atom is 0.407 e. The molecule has 1 heterocycles. The molecule has 2 aliphatic rings. The summed E-state index contributed by atoms with van der Waals surface area (Å²) in [6.07, 6.45) is 1.51. The molecule has 9 heteroatoms. The minimum atomic E-state index is -1.17. The van der Waals surface area contributed by atoms with E-state index in [2.05, 4.69) is 40.0 Å². The Bertz CT molecular complexity index is 1250. The second-order valence-electron chi connectivity index (χ2n) is 8.95. The molecule has 2 aromatic carbocycles. The summed E-state index contributed by atoms with van der Waals surface area (Å²) in [6.45, 7) is 0.205. The second-order valence-corrected chi connectivity index (χ2v) is 8.95. The number of fused-ring (bicyclic) bond motifs is 3. The van der Waals surface area contributed by atoms with Crippen LogP contribution >= 0.6 is 0 Å². The van der Waals surface area contributed by atoms with Gasteiger partial charge in [0.1, 0.15) is 12.4 Å². The average Bonchev–Trinajstić information content (AvgIpc) is 3.54. The van der Waals surface area contributed by atoms with Crippen LogP contribution in [0.25, 0.3) is 11.1 Å². The molecule has 3 N–H and O–H groups in total. The largest absolute Gasteiger partial charge is 0.476 e. The molecule has 1 fully saturated rings. The normalized spacial score (nSPS) is 18.5. The quantitative estimate of drug-likeness (QED) is 0.500. The summed E-state index contributed by atoms with van der Waals surface area (Å²) < 4.78 is 6.95. The van der Waals surface area contributed by atoms with Crippen LogP contribution < -0.4 is 10.6 Å². The van der Waals surface area contributed by atoms with Crippen LogP contribution in [0.1, 0.15) is 46.8 Å². The van der Waals surface area contributed by atoms with Crippen LogP contribution in [0.4, 0.5) is 10.6 Å². The number of hydrogen-bond acceptors (Lipinski definition) is 5. The third kappa shape index (κ3) is 4.37. The predicted octanol–water partition coefficient (Wildman–Crippen LogP) is 3.76. The lowest BCUT2D eigenvalue weighted by molar-refractivity contribution is -0.120. The van der Waals surface area contributed by atoms with Gasteiger partial charge in [0.2, 0.25) is 5.91 Å². The van der Waals surface area contributed by atoms with E-state index >= 15 is 0 Å². The van der Waals surface area contributed by atoms with Gasteiger partial charge in [-0.15, -0.1) is 0 Å². The van der Waals surface area contributed by atoms with Gasteiger partial charge in [-0.3, -0.25) is 9.48 Å². The molecule has 0 aliphatic heterocycles. The summed E-state index contributed by atoms with van der Waals surface area (Å²) in [5.74, 6) is -1.65. The van der Waals surface area contributed by atoms with E-state index in [-0.39, 0.29) is 30.2 Å². The monoisotopic (exact) mass is 474 g/mol. The Morgan fingerprint density at radius 1 is 1.06 bits per heavy atom. The highest BCUT2D eigenvalue weighted by Crippen LogP contribution is 2.44. The first-order valence-electron chi connectivity index (χ1n) is 11.6. The lowest BCUT2D eigenvalue weighted by Gasteiger charge is -2.21. The zero-order valence-corrected chi connectivity index (χ0v) is 19.2. The van der Waals surface area contributed by atoms with Gasteiger partial charge in [0, 0.05) is 25.1 Å². The number of rotatable bonds is 6.